The van der Waals surface area contributed by atoms with E-state index in [9.17, 15) is 9.90 Å². The summed E-state index contributed by atoms with van der Waals surface area (Å²) in [4.78, 5) is 11.1. The van der Waals surface area contributed by atoms with Gasteiger partial charge in [0.25, 0.3) is 0 Å². The van der Waals surface area contributed by atoms with Crippen molar-refractivity contribution in [3.8, 4) is 11.5 Å². The Morgan fingerprint density at radius 2 is 1.90 bits per heavy atom. The van der Waals surface area contributed by atoms with Gasteiger partial charge < -0.3 is 14.9 Å². The maximum atomic E-state index is 11.1. The predicted molar refractivity (Wildman–Crippen MR) is 75.3 cm³/mol. The molecule has 2 aromatic rings. The van der Waals surface area contributed by atoms with Crippen molar-refractivity contribution >= 4 is 5.97 Å². The molecule has 0 aliphatic rings. The minimum absolute atomic E-state index is 0.163. The second-order valence-corrected chi connectivity index (χ2v) is 4.66. The molecule has 4 nitrogen and oxygen atoms in total. The number of aryl methyl sites for hydroxylation is 2. The Kier molecular flexibility index (Phi) is 3.94. The molecule has 2 rings (SSSR count). The molecule has 20 heavy (non-hydrogen) atoms. The van der Waals surface area contributed by atoms with Crippen molar-refractivity contribution in [2.24, 2.45) is 0 Å². The molecular formula is C16H16O4. The minimum Gasteiger partial charge on any atom is -0.507 e. The topological polar surface area (TPSA) is 66.8 Å². The first kappa shape index (κ1) is 13.9. The quantitative estimate of drug-likeness (QED) is 0.896. The fraction of sp³-hybridized carbons (Fsp3) is 0.188. The normalized spacial score (nSPS) is 10.3. The van der Waals surface area contributed by atoms with Gasteiger partial charge in [-0.15, -0.1) is 0 Å². The minimum atomic E-state index is -1.21. The summed E-state index contributed by atoms with van der Waals surface area (Å²) in [5.74, 6) is -1.34. The number of carboxylic acids is 1. The Bertz CT molecular complexity index is 647. The number of hydrogen-bond donors (Lipinski definition) is 2. The molecule has 104 valence electrons. The molecule has 2 aromatic carbocycles. The van der Waals surface area contributed by atoms with Crippen LogP contribution in [0.1, 0.15) is 27.0 Å². The molecule has 2 N–H and O–H groups in total. The van der Waals surface area contributed by atoms with E-state index >= 15 is 0 Å². The summed E-state index contributed by atoms with van der Waals surface area (Å²) >= 11 is 0. The van der Waals surface area contributed by atoms with Gasteiger partial charge >= 0.3 is 5.97 Å². The number of aromatic hydroxyl groups is 1. The van der Waals surface area contributed by atoms with Crippen LogP contribution in [0.25, 0.3) is 0 Å². The molecule has 0 bridgehead atoms. The SMILES string of the molecule is Cc1ccc(COc2cccc(O)c2C(=O)O)cc1C. The van der Waals surface area contributed by atoms with Crippen molar-refractivity contribution in [1.82, 2.24) is 0 Å². The van der Waals surface area contributed by atoms with Gasteiger partial charge in [-0.2, -0.15) is 0 Å². The lowest BCUT2D eigenvalue weighted by Crippen LogP contribution is -2.04. The molecule has 0 atom stereocenters. The van der Waals surface area contributed by atoms with Crippen LogP contribution in [0.15, 0.2) is 36.4 Å². The Hall–Kier alpha value is -2.49. The third-order valence-electron chi connectivity index (χ3n) is 3.18. The Morgan fingerprint density at radius 1 is 1.15 bits per heavy atom. The third-order valence-corrected chi connectivity index (χ3v) is 3.18. The first-order chi connectivity index (χ1) is 9.49. The molecule has 4 heteroatoms. The Labute approximate surface area is 117 Å². The summed E-state index contributed by atoms with van der Waals surface area (Å²) in [5.41, 5.74) is 3.09. The largest absolute Gasteiger partial charge is 0.507 e. The highest BCUT2D eigenvalue weighted by Crippen LogP contribution is 2.28. The van der Waals surface area contributed by atoms with Crippen LogP contribution in [0.2, 0.25) is 0 Å². The Balaban J connectivity index is 2.21. The third kappa shape index (κ3) is 2.91. The predicted octanol–water partition coefficient (Wildman–Crippen LogP) is 3.29. The Morgan fingerprint density at radius 3 is 2.55 bits per heavy atom. The van der Waals surface area contributed by atoms with Gasteiger partial charge in [-0.25, -0.2) is 4.79 Å². The van der Waals surface area contributed by atoms with E-state index < -0.39 is 5.97 Å². The number of aromatic carboxylic acids is 1. The van der Waals surface area contributed by atoms with E-state index in [1.165, 1.54) is 17.7 Å². The average molecular weight is 272 g/mol. The first-order valence-electron chi connectivity index (χ1n) is 6.23. The van der Waals surface area contributed by atoms with Crippen LogP contribution < -0.4 is 4.74 Å². The molecule has 0 aliphatic heterocycles. The van der Waals surface area contributed by atoms with Gasteiger partial charge in [0.1, 0.15) is 23.7 Å². The number of hydrogen-bond acceptors (Lipinski definition) is 3. The van der Waals surface area contributed by atoms with Gasteiger partial charge in [-0.3, -0.25) is 0 Å². The molecule has 0 fully saturated rings. The zero-order chi connectivity index (χ0) is 14.7. The van der Waals surface area contributed by atoms with Crippen molar-refractivity contribution in [1.29, 1.82) is 0 Å². The highest BCUT2D eigenvalue weighted by Gasteiger charge is 2.16. The van der Waals surface area contributed by atoms with Crippen LogP contribution in [-0.2, 0) is 6.61 Å². The van der Waals surface area contributed by atoms with Crippen LogP contribution in [-0.4, -0.2) is 16.2 Å². The van der Waals surface area contributed by atoms with Gasteiger partial charge in [0.05, 0.1) is 0 Å². The number of rotatable bonds is 4. The molecule has 0 radical (unpaired) electrons. The van der Waals surface area contributed by atoms with Gasteiger partial charge in [0.15, 0.2) is 0 Å². The second kappa shape index (κ2) is 5.65. The summed E-state index contributed by atoms with van der Waals surface area (Å²) in [5, 5.41) is 18.7. The summed E-state index contributed by atoms with van der Waals surface area (Å²) in [6.45, 7) is 4.29. The molecule has 0 aliphatic carbocycles. The van der Waals surface area contributed by atoms with E-state index in [1.807, 2.05) is 32.0 Å². The summed E-state index contributed by atoms with van der Waals surface area (Å²) in [7, 11) is 0. The summed E-state index contributed by atoms with van der Waals surface area (Å²) < 4.78 is 5.52. The van der Waals surface area contributed by atoms with Crippen molar-refractivity contribution in [2.45, 2.75) is 20.5 Å². The highest BCUT2D eigenvalue weighted by molar-refractivity contribution is 5.93. The summed E-state index contributed by atoms with van der Waals surface area (Å²) in [6, 6.07) is 10.3. The van der Waals surface area contributed by atoms with E-state index in [0.29, 0.717) is 0 Å². The van der Waals surface area contributed by atoms with Gasteiger partial charge in [-0.1, -0.05) is 24.3 Å². The second-order valence-electron chi connectivity index (χ2n) is 4.66. The number of phenols is 1. The smallest absolute Gasteiger partial charge is 0.343 e. The molecule has 0 aromatic heterocycles. The molecular weight excluding hydrogens is 256 g/mol. The maximum absolute atomic E-state index is 11.1. The number of ether oxygens (including phenoxy) is 1. The van der Waals surface area contributed by atoms with Crippen LogP contribution in [0, 0.1) is 13.8 Å². The van der Waals surface area contributed by atoms with E-state index in [2.05, 4.69) is 0 Å². The number of carboxylic acid groups (broad SMARTS) is 1. The zero-order valence-electron chi connectivity index (χ0n) is 11.4. The number of carbonyl (C=O) groups is 1. The van der Waals surface area contributed by atoms with Crippen LogP contribution in [0.3, 0.4) is 0 Å². The van der Waals surface area contributed by atoms with Gasteiger partial charge in [-0.05, 0) is 42.7 Å². The van der Waals surface area contributed by atoms with Crippen molar-refractivity contribution < 1.29 is 19.7 Å². The lowest BCUT2D eigenvalue weighted by atomic mass is 10.1. The monoisotopic (exact) mass is 272 g/mol. The molecule has 0 unspecified atom stereocenters. The fourth-order valence-corrected chi connectivity index (χ4v) is 1.91. The highest BCUT2D eigenvalue weighted by atomic mass is 16.5. The van der Waals surface area contributed by atoms with Crippen molar-refractivity contribution in [2.75, 3.05) is 0 Å². The molecule has 0 spiro atoms. The van der Waals surface area contributed by atoms with E-state index in [0.717, 1.165) is 11.1 Å². The van der Waals surface area contributed by atoms with Crippen LogP contribution in [0.5, 0.6) is 11.5 Å². The number of benzene rings is 2. The molecule has 0 amide bonds. The van der Waals surface area contributed by atoms with Crippen LogP contribution >= 0.6 is 0 Å². The molecule has 0 saturated heterocycles. The van der Waals surface area contributed by atoms with Crippen molar-refractivity contribution in [3.05, 3.63) is 58.7 Å². The zero-order valence-corrected chi connectivity index (χ0v) is 11.4. The molecule has 0 saturated carbocycles. The van der Waals surface area contributed by atoms with E-state index in [4.69, 9.17) is 9.84 Å². The molecule has 0 heterocycles. The van der Waals surface area contributed by atoms with Crippen LogP contribution in [0.4, 0.5) is 0 Å². The van der Waals surface area contributed by atoms with E-state index in [1.54, 1.807) is 6.07 Å². The summed E-state index contributed by atoms with van der Waals surface area (Å²) in [6.07, 6.45) is 0. The van der Waals surface area contributed by atoms with Crippen molar-refractivity contribution in [3.63, 3.8) is 0 Å². The fourth-order valence-electron chi connectivity index (χ4n) is 1.91. The standard InChI is InChI=1S/C16H16O4/c1-10-6-7-12(8-11(10)2)9-20-14-5-3-4-13(17)15(14)16(18)19/h3-8,17H,9H2,1-2H3,(H,18,19). The van der Waals surface area contributed by atoms with Gasteiger partial charge in [0.2, 0.25) is 0 Å². The maximum Gasteiger partial charge on any atom is 0.343 e. The lowest BCUT2D eigenvalue weighted by Gasteiger charge is -2.11. The van der Waals surface area contributed by atoms with E-state index in [-0.39, 0.29) is 23.7 Å². The lowest BCUT2D eigenvalue weighted by molar-refractivity contribution is 0.0688. The average Bonchev–Trinajstić information content (AvgIpc) is 2.39. The van der Waals surface area contributed by atoms with Gasteiger partial charge in [0, 0.05) is 0 Å². The first-order valence-corrected chi connectivity index (χ1v) is 6.23.